The first kappa shape index (κ1) is 38.7. The number of carbonyl (C=O) groups excluding carboxylic acids is 5. The van der Waals surface area contributed by atoms with Crippen LogP contribution < -0.4 is 31.4 Å². The molecule has 0 bridgehead atoms. The molecule has 2 saturated heterocycles. The van der Waals surface area contributed by atoms with Gasteiger partial charge in [0.15, 0.2) is 0 Å². The van der Waals surface area contributed by atoms with Crippen LogP contribution in [0.4, 0.5) is 9.59 Å². The van der Waals surface area contributed by atoms with Gasteiger partial charge in [-0.25, -0.2) is 14.4 Å². The van der Waals surface area contributed by atoms with Crippen LogP contribution in [0.15, 0.2) is 24.3 Å². The number of nitrogens with one attached hydrogen (secondary N) is 5. The topological polar surface area (TPSA) is 209 Å². The molecule has 0 aromatic carbocycles. The molecule has 1 aromatic heterocycles. The number of aromatic hydroxyl groups is 2. The van der Waals surface area contributed by atoms with Gasteiger partial charge in [-0.1, -0.05) is 25.8 Å². The minimum atomic E-state index is -0.597. The molecule has 0 radical (unpaired) electrons. The van der Waals surface area contributed by atoms with Crippen molar-refractivity contribution < 1.29 is 43.8 Å². The SMILES string of the molecule is CC1(C(=O)NCCCNC(=O)CCCCC2SCC3NC(=O)NC32)CC=CC(OC(=O)NCCCCCC(=O)On2c(O)ccc2O)CCC1. The highest BCUT2D eigenvalue weighted by Crippen LogP contribution is 2.34. The number of unbranched alkanes of at least 4 members (excludes halogenated alkanes) is 3. The minimum Gasteiger partial charge on any atom is -0.492 e. The summed E-state index contributed by atoms with van der Waals surface area (Å²) in [4.78, 5) is 65.9. The van der Waals surface area contributed by atoms with Crippen molar-refractivity contribution in [3.8, 4) is 11.8 Å². The predicted molar refractivity (Wildman–Crippen MR) is 186 cm³/mol. The minimum absolute atomic E-state index is 0.0150. The number of hydrogen-bond donors (Lipinski definition) is 7. The Morgan fingerprint density at radius 1 is 0.960 bits per heavy atom. The third-order valence-corrected chi connectivity index (χ3v) is 10.8. The van der Waals surface area contributed by atoms with Gasteiger partial charge in [0.05, 0.1) is 12.1 Å². The maximum Gasteiger partial charge on any atom is 0.407 e. The molecule has 7 N–H and O–H groups in total. The number of alkyl carbamates (subject to hydrolysis) is 1. The summed E-state index contributed by atoms with van der Waals surface area (Å²) in [6.45, 7) is 3.29. The molecular formula is C34H52N6O9S. The lowest BCUT2D eigenvalue weighted by molar-refractivity contribution is -0.145. The molecule has 3 aliphatic rings. The first-order valence-corrected chi connectivity index (χ1v) is 18.7. The first-order valence-electron chi connectivity index (χ1n) is 17.7. The lowest BCUT2D eigenvalue weighted by atomic mass is 9.79. The van der Waals surface area contributed by atoms with Crippen LogP contribution in [0.2, 0.25) is 0 Å². The molecule has 2 fully saturated rings. The van der Waals surface area contributed by atoms with Crippen molar-refractivity contribution >= 4 is 41.7 Å². The van der Waals surface area contributed by atoms with Gasteiger partial charge in [-0.15, -0.1) is 4.73 Å². The number of hydrogen-bond acceptors (Lipinski definition) is 10. The maximum absolute atomic E-state index is 13.0. The number of amides is 5. The highest BCUT2D eigenvalue weighted by molar-refractivity contribution is 8.00. The van der Waals surface area contributed by atoms with Gasteiger partial charge in [0.2, 0.25) is 23.6 Å². The third kappa shape index (κ3) is 12.1. The molecule has 3 heterocycles. The van der Waals surface area contributed by atoms with Crippen molar-refractivity contribution in [1.29, 1.82) is 0 Å². The molecule has 0 spiro atoms. The van der Waals surface area contributed by atoms with Crippen molar-refractivity contribution in [2.24, 2.45) is 5.41 Å². The normalized spacial score (nSPS) is 24.2. The number of ether oxygens (including phenoxy) is 1. The van der Waals surface area contributed by atoms with Crippen LogP contribution in [0.3, 0.4) is 0 Å². The standard InChI is InChI=1S/C34H52N6O9S/c1-34(31(45)36-21-9-20-35-26(41)13-5-4-12-25-30-24(22-50-25)38-32(46)39-30)17-7-10-23(11-8-18-34)48-33(47)37-19-6-2-3-14-29(44)49-40-27(42)15-16-28(40)43/h7,10,15-16,23-25,30,42-43H,2-6,8-9,11-14,17-22H2,1H3,(H,35,41)(H,36,45)(H,37,47)(H2,38,39,46). The predicted octanol–water partition coefficient (Wildman–Crippen LogP) is 2.99. The van der Waals surface area contributed by atoms with E-state index in [-0.39, 0.29) is 54.2 Å². The second kappa shape index (κ2) is 19.3. The fraction of sp³-hybridized carbons (Fsp3) is 0.676. The number of rotatable bonds is 18. The molecule has 5 atom stereocenters. The second-order valence-electron chi connectivity index (χ2n) is 13.4. The number of nitrogens with zero attached hydrogens (tertiary/aromatic N) is 1. The number of carbonyl (C=O) groups is 5. The van der Waals surface area contributed by atoms with Gasteiger partial charge in [0.1, 0.15) is 6.10 Å². The van der Waals surface area contributed by atoms with E-state index in [4.69, 9.17) is 9.57 Å². The van der Waals surface area contributed by atoms with E-state index in [2.05, 4.69) is 26.6 Å². The molecule has 0 saturated carbocycles. The van der Waals surface area contributed by atoms with Crippen molar-refractivity contribution in [3.63, 3.8) is 0 Å². The summed E-state index contributed by atoms with van der Waals surface area (Å²) < 4.78 is 6.20. The van der Waals surface area contributed by atoms with Crippen LogP contribution in [0.1, 0.15) is 90.4 Å². The first-order chi connectivity index (χ1) is 24.0. The van der Waals surface area contributed by atoms with Crippen molar-refractivity contribution in [2.45, 2.75) is 114 Å². The Balaban J connectivity index is 0.996. The van der Waals surface area contributed by atoms with Gasteiger partial charge in [-0.05, 0) is 63.9 Å². The van der Waals surface area contributed by atoms with E-state index in [9.17, 15) is 34.2 Å². The van der Waals surface area contributed by atoms with Crippen molar-refractivity contribution in [3.05, 3.63) is 24.3 Å². The Hall–Kier alpha value is -4.08. The summed E-state index contributed by atoms with van der Waals surface area (Å²) in [7, 11) is 0. The summed E-state index contributed by atoms with van der Waals surface area (Å²) in [6, 6.07) is 2.74. The molecule has 4 rings (SSSR count). The van der Waals surface area contributed by atoms with Gasteiger partial charge in [0.25, 0.3) is 0 Å². The van der Waals surface area contributed by atoms with Crippen LogP contribution in [0.25, 0.3) is 0 Å². The number of allylic oxidation sites excluding steroid dienone is 1. The van der Waals surface area contributed by atoms with E-state index in [1.165, 1.54) is 12.1 Å². The number of aromatic nitrogens is 1. The van der Waals surface area contributed by atoms with Crippen LogP contribution in [0, 0.1) is 5.41 Å². The van der Waals surface area contributed by atoms with E-state index in [0.717, 1.165) is 25.0 Å². The molecule has 1 aromatic rings. The summed E-state index contributed by atoms with van der Waals surface area (Å²) in [6.07, 6.45) is 11.0. The van der Waals surface area contributed by atoms with Gasteiger partial charge < -0.3 is 46.4 Å². The monoisotopic (exact) mass is 720 g/mol. The van der Waals surface area contributed by atoms with E-state index < -0.39 is 17.5 Å². The molecule has 5 unspecified atom stereocenters. The Bertz CT molecular complexity index is 1340. The van der Waals surface area contributed by atoms with E-state index >= 15 is 0 Å². The molecule has 2 aliphatic heterocycles. The highest BCUT2D eigenvalue weighted by Gasteiger charge is 2.42. The van der Waals surface area contributed by atoms with Crippen LogP contribution in [-0.2, 0) is 19.1 Å². The average molecular weight is 721 g/mol. The molecule has 50 heavy (non-hydrogen) atoms. The molecule has 15 nitrogen and oxygen atoms in total. The third-order valence-electron chi connectivity index (χ3n) is 9.30. The molecule has 1 aliphatic carbocycles. The summed E-state index contributed by atoms with van der Waals surface area (Å²) in [5.74, 6) is -0.425. The molecule has 278 valence electrons. The molecule has 16 heteroatoms. The number of thioether (sulfide) groups is 1. The summed E-state index contributed by atoms with van der Waals surface area (Å²) in [5.41, 5.74) is -0.572. The Morgan fingerprint density at radius 2 is 1.70 bits per heavy atom. The lowest BCUT2D eigenvalue weighted by Gasteiger charge is -2.29. The van der Waals surface area contributed by atoms with E-state index in [1.54, 1.807) is 0 Å². The summed E-state index contributed by atoms with van der Waals surface area (Å²) >= 11 is 1.88. The fourth-order valence-corrected chi connectivity index (χ4v) is 7.90. The zero-order valence-corrected chi connectivity index (χ0v) is 29.6. The molecule has 5 amide bonds. The van der Waals surface area contributed by atoms with Gasteiger partial charge in [-0.2, -0.15) is 11.8 Å². The van der Waals surface area contributed by atoms with Gasteiger partial charge in [-0.3, -0.25) is 9.59 Å². The number of fused-ring (bicyclic) bond motifs is 1. The average Bonchev–Trinajstić information content (AvgIpc) is 3.73. The lowest BCUT2D eigenvalue weighted by Crippen LogP contribution is -2.40. The largest absolute Gasteiger partial charge is 0.492 e. The van der Waals surface area contributed by atoms with E-state index in [1.807, 2.05) is 30.8 Å². The number of urea groups is 1. The Labute approximate surface area is 297 Å². The quantitative estimate of drug-likeness (QED) is 0.0670. The Kier molecular flexibility index (Phi) is 15.0. The zero-order valence-electron chi connectivity index (χ0n) is 28.7. The second-order valence-corrected chi connectivity index (χ2v) is 14.7. The van der Waals surface area contributed by atoms with E-state index in [0.29, 0.717) is 87.4 Å². The van der Waals surface area contributed by atoms with Crippen LogP contribution in [0.5, 0.6) is 11.8 Å². The highest BCUT2D eigenvalue weighted by atomic mass is 32.2. The van der Waals surface area contributed by atoms with Crippen LogP contribution >= 0.6 is 11.8 Å². The molecular weight excluding hydrogens is 668 g/mol. The summed E-state index contributed by atoms with van der Waals surface area (Å²) in [5, 5.41) is 34.1. The van der Waals surface area contributed by atoms with Crippen LogP contribution in [-0.4, -0.2) is 93.7 Å². The Morgan fingerprint density at radius 3 is 2.50 bits per heavy atom. The van der Waals surface area contributed by atoms with Gasteiger partial charge in [0, 0.05) is 61.0 Å². The maximum atomic E-state index is 13.0. The zero-order chi connectivity index (χ0) is 35.9. The fourth-order valence-electron chi connectivity index (χ4n) is 6.35. The van der Waals surface area contributed by atoms with Crippen molar-refractivity contribution in [1.82, 2.24) is 31.3 Å². The van der Waals surface area contributed by atoms with Crippen molar-refractivity contribution in [2.75, 3.05) is 25.4 Å². The van der Waals surface area contributed by atoms with Gasteiger partial charge >= 0.3 is 18.1 Å². The smallest absolute Gasteiger partial charge is 0.407 e.